The Morgan fingerprint density at radius 1 is 1.19 bits per heavy atom. The molecule has 4 N–H and O–H groups in total. The van der Waals surface area contributed by atoms with Gasteiger partial charge in [-0.3, -0.25) is 0 Å². The molecule has 9 heteroatoms. The average molecular weight is 445 g/mol. The number of H-pyrrole nitrogens is 1. The monoisotopic (exact) mass is 444 g/mol. The van der Waals surface area contributed by atoms with Crippen molar-refractivity contribution in [1.82, 2.24) is 20.0 Å². The van der Waals surface area contributed by atoms with Crippen molar-refractivity contribution in [2.45, 2.75) is 45.1 Å². The summed E-state index contributed by atoms with van der Waals surface area (Å²) in [6, 6.07) is 10.0. The number of aromatic nitrogens is 2. The lowest BCUT2D eigenvalue weighted by molar-refractivity contribution is 0.175. The molecule has 0 fully saturated rings. The van der Waals surface area contributed by atoms with Crippen LogP contribution >= 0.6 is 0 Å². The number of aromatic amines is 1. The van der Waals surface area contributed by atoms with E-state index in [9.17, 15) is 13.2 Å². The topological polar surface area (TPSA) is 124 Å². The van der Waals surface area contributed by atoms with Crippen LogP contribution in [0.15, 0.2) is 47.5 Å². The molecule has 1 amide bonds. The second kappa shape index (κ2) is 8.68. The largest absolute Gasteiger partial charge is 0.465 e. The number of carbonyl (C=O) groups is 1. The SMILES string of the molecule is CCc1cc2c(-c3ccc(S(=O)(=O)NCC(NC(=O)O)C(C)(C)C)cc3)ccnc2[nH]1. The van der Waals surface area contributed by atoms with Gasteiger partial charge in [0.25, 0.3) is 0 Å². The van der Waals surface area contributed by atoms with E-state index in [0.29, 0.717) is 0 Å². The van der Waals surface area contributed by atoms with Gasteiger partial charge < -0.3 is 15.4 Å². The Kier molecular flexibility index (Phi) is 6.38. The highest BCUT2D eigenvalue weighted by molar-refractivity contribution is 7.89. The maximum Gasteiger partial charge on any atom is 0.404 e. The molecular formula is C22H28N4O4S. The maximum atomic E-state index is 12.8. The summed E-state index contributed by atoms with van der Waals surface area (Å²) in [6.07, 6.45) is 1.40. The van der Waals surface area contributed by atoms with Gasteiger partial charge in [0.1, 0.15) is 5.65 Å². The first-order valence-electron chi connectivity index (χ1n) is 10.1. The molecule has 0 aliphatic carbocycles. The molecule has 1 unspecified atom stereocenters. The molecule has 1 aromatic carbocycles. The third-order valence-electron chi connectivity index (χ3n) is 5.26. The summed E-state index contributed by atoms with van der Waals surface area (Å²) >= 11 is 0. The van der Waals surface area contributed by atoms with Crippen LogP contribution < -0.4 is 10.0 Å². The summed E-state index contributed by atoms with van der Waals surface area (Å²) < 4.78 is 28.0. The summed E-state index contributed by atoms with van der Waals surface area (Å²) in [5.74, 6) is 0. The molecule has 3 aromatic rings. The minimum absolute atomic E-state index is 0.0476. The Bertz CT molecular complexity index is 1180. The molecule has 8 nitrogen and oxygen atoms in total. The Morgan fingerprint density at radius 3 is 2.45 bits per heavy atom. The first-order chi connectivity index (χ1) is 14.5. The van der Waals surface area contributed by atoms with Gasteiger partial charge in [-0.15, -0.1) is 0 Å². The van der Waals surface area contributed by atoms with Gasteiger partial charge in [-0.05, 0) is 47.2 Å². The third kappa shape index (κ3) is 5.23. The van der Waals surface area contributed by atoms with Crippen LogP contribution in [0.2, 0.25) is 0 Å². The van der Waals surface area contributed by atoms with E-state index in [4.69, 9.17) is 5.11 Å². The van der Waals surface area contributed by atoms with Gasteiger partial charge in [-0.2, -0.15) is 0 Å². The molecule has 0 aliphatic heterocycles. The lowest BCUT2D eigenvalue weighted by atomic mass is 9.87. The second-order valence-corrected chi connectivity index (χ2v) is 10.3. The van der Waals surface area contributed by atoms with Gasteiger partial charge in [0.2, 0.25) is 10.0 Å². The molecule has 2 heterocycles. The Balaban J connectivity index is 1.82. The lowest BCUT2D eigenvalue weighted by Crippen LogP contribution is -2.50. The first-order valence-corrected chi connectivity index (χ1v) is 11.6. The average Bonchev–Trinajstić information content (AvgIpc) is 3.13. The minimum Gasteiger partial charge on any atom is -0.465 e. The summed E-state index contributed by atoms with van der Waals surface area (Å²) in [7, 11) is -3.79. The molecule has 0 spiro atoms. The van der Waals surface area contributed by atoms with E-state index in [1.807, 2.05) is 26.8 Å². The normalized spacial score (nSPS) is 13.3. The number of amides is 1. The third-order valence-corrected chi connectivity index (χ3v) is 6.70. The number of aryl methyl sites for hydroxylation is 1. The van der Waals surface area contributed by atoms with Gasteiger partial charge >= 0.3 is 6.09 Å². The fourth-order valence-electron chi connectivity index (χ4n) is 3.34. The van der Waals surface area contributed by atoms with Gasteiger partial charge in [-0.1, -0.05) is 39.8 Å². The van der Waals surface area contributed by atoms with Crippen molar-refractivity contribution in [2.75, 3.05) is 6.54 Å². The number of hydrogen-bond acceptors (Lipinski definition) is 4. The molecule has 0 radical (unpaired) electrons. The molecule has 166 valence electrons. The Hall–Kier alpha value is -2.91. The first kappa shape index (κ1) is 22.8. The van der Waals surface area contributed by atoms with Crippen molar-refractivity contribution in [2.24, 2.45) is 5.41 Å². The van der Waals surface area contributed by atoms with E-state index in [1.165, 1.54) is 0 Å². The molecule has 31 heavy (non-hydrogen) atoms. The van der Waals surface area contributed by atoms with E-state index >= 15 is 0 Å². The zero-order valence-electron chi connectivity index (χ0n) is 18.1. The molecule has 2 aromatic heterocycles. The van der Waals surface area contributed by atoms with Crippen molar-refractivity contribution in [3.05, 3.63) is 48.3 Å². The zero-order valence-corrected chi connectivity index (χ0v) is 18.9. The van der Waals surface area contributed by atoms with Crippen LogP contribution in [0.3, 0.4) is 0 Å². The fraction of sp³-hybridized carbons (Fsp3) is 0.364. The molecule has 0 bridgehead atoms. The molecule has 3 rings (SSSR count). The lowest BCUT2D eigenvalue weighted by Gasteiger charge is -2.30. The number of hydrogen-bond donors (Lipinski definition) is 4. The van der Waals surface area contributed by atoms with Crippen LogP contribution in [0.5, 0.6) is 0 Å². The molecular weight excluding hydrogens is 416 g/mol. The number of rotatable bonds is 7. The zero-order chi connectivity index (χ0) is 22.8. The predicted molar refractivity (Wildman–Crippen MR) is 120 cm³/mol. The van der Waals surface area contributed by atoms with E-state index in [-0.39, 0.29) is 11.4 Å². The van der Waals surface area contributed by atoms with Crippen molar-refractivity contribution >= 4 is 27.1 Å². The van der Waals surface area contributed by atoms with E-state index < -0.39 is 27.6 Å². The van der Waals surface area contributed by atoms with Crippen LogP contribution in [0.4, 0.5) is 4.79 Å². The highest BCUT2D eigenvalue weighted by Crippen LogP contribution is 2.29. The van der Waals surface area contributed by atoms with E-state index in [0.717, 1.165) is 34.3 Å². The molecule has 0 saturated heterocycles. The number of pyridine rings is 1. The smallest absolute Gasteiger partial charge is 0.404 e. The Morgan fingerprint density at radius 2 is 1.87 bits per heavy atom. The molecule has 1 atom stereocenters. The number of sulfonamides is 1. The fourth-order valence-corrected chi connectivity index (χ4v) is 4.38. The van der Waals surface area contributed by atoms with Gasteiger partial charge in [0, 0.05) is 23.8 Å². The number of benzene rings is 1. The van der Waals surface area contributed by atoms with Crippen molar-refractivity contribution in [3.8, 4) is 11.1 Å². The molecule has 0 saturated carbocycles. The van der Waals surface area contributed by atoms with E-state index in [1.54, 1.807) is 30.5 Å². The van der Waals surface area contributed by atoms with Crippen molar-refractivity contribution in [1.29, 1.82) is 0 Å². The van der Waals surface area contributed by atoms with Crippen molar-refractivity contribution < 1.29 is 18.3 Å². The minimum atomic E-state index is -3.79. The van der Waals surface area contributed by atoms with Gasteiger partial charge in [0.05, 0.1) is 10.9 Å². The number of nitrogens with one attached hydrogen (secondary N) is 3. The summed E-state index contributed by atoms with van der Waals surface area (Å²) in [5.41, 5.74) is 3.28. The molecule has 0 aliphatic rings. The van der Waals surface area contributed by atoms with E-state index in [2.05, 4.69) is 33.0 Å². The maximum absolute atomic E-state index is 12.8. The summed E-state index contributed by atoms with van der Waals surface area (Å²) in [5, 5.41) is 12.4. The van der Waals surface area contributed by atoms with Crippen LogP contribution in [0.25, 0.3) is 22.2 Å². The van der Waals surface area contributed by atoms with Crippen LogP contribution in [0.1, 0.15) is 33.4 Å². The summed E-state index contributed by atoms with van der Waals surface area (Å²) in [4.78, 5) is 18.8. The Labute approximate surface area is 182 Å². The van der Waals surface area contributed by atoms with Crippen LogP contribution in [-0.2, 0) is 16.4 Å². The van der Waals surface area contributed by atoms with Crippen LogP contribution in [0, 0.1) is 5.41 Å². The second-order valence-electron chi connectivity index (χ2n) is 8.51. The van der Waals surface area contributed by atoms with Gasteiger partial charge in [0.15, 0.2) is 0 Å². The number of fused-ring (bicyclic) bond motifs is 1. The highest BCUT2D eigenvalue weighted by Gasteiger charge is 2.28. The van der Waals surface area contributed by atoms with Crippen LogP contribution in [-0.4, -0.2) is 42.2 Å². The predicted octanol–water partition coefficient (Wildman–Crippen LogP) is 3.75. The standard InChI is InChI=1S/C22H28N4O4S/c1-5-15-12-18-17(10-11-23-20(18)25-15)14-6-8-16(9-7-14)31(29,30)24-13-19(22(2,3)4)26-21(27)28/h6-12,19,24,26H,5,13H2,1-4H3,(H,23,25)(H,27,28). The highest BCUT2D eigenvalue weighted by atomic mass is 32.2. The van der Waals surface area contributed by atoms with Crippen molar-refractivity contribution in [3.63, 3.8) is 0 Å². The number of carboxylic acid groups (broad SMARTS) is 1. The quantitative estimate of drug-likeness (QED) is 0.442. The number of nitrogens with zero attached hydrogens (tertiary/aromatic N) is 1. The van der Waals surface area contributed by atoms with Gasteiger partial charge in [-0.25, -0.2) is 22.9 Å². The summed E-state index contributed by atoms with van der Waals surface area (Å²) in [6.45, 7) is 7.55.